The van der Waals surface area contributed by atoms with E-state index in [0.717, 1.165) is 12.2 Å². The lowest BCUT2D eigenvalue weighted by Gasteiger charge is -2.31. The maximum atomic E-state index is 6.07. The van der Waals surface area contributed by atoms with Crippen LogP contribution in [0.2, 0.25) is 0 Å². The Morgan fingerprint density at radius 2 is 2.06 bits per heavy atom. The van der Waals surface area contributed by atoms with Crippen molar-refractivity contribution >= 4 is 0 Å². The Morgan fingerprint density at radius 3 is 2.83 bits per heavy atom. The first kappa shape index (κ1) is 11.8. The van der Waals surface area contributed by atoms with Crippen LogP contribution in [0.15, 0.2) is 36.4 Å². The van der Waals surface area contributed by atoms with Gasteiger partial charge < -0.3 is 10.1 Å². The van der Waals surface area contributed by atoms with Crippen molar-refractivity contribution in [2.24, 2.45) is 0 Å². The first-order chi connectivity index (χ1) is 8.67. The molecule has 3 rings (SSSR count). The summed E-state index contributed by atoms with van der Waals surface area (Å²) in [5, 5.41) is 3.79. The van der Waals surface area contributed by atoms with Crippen molar-refractivity contribution in [1.82, 2.24) is 5.32 Å². The molecular formula is C16H21NO. The molecule has 0 spiro atoms. The number of allylic oxidation sites excluding steroid dienone is 1. The van der Waals surface area contributed by atoms with Gasteiger partial charge in [0.05, 0.1) is 6.04 Å². The minimum absolute atomic E-state index is 0.162. The number of rotatable bonds is 2. The lowest BCUT2D eigenvalue weighted by atomic mass is 9.91. The SMILES string of the molecule is CC1(C)Oc2ccccc2C1NC1CC=CCC1. The molecule has 1 N–H and O–H groups in total. The lowest BCUT2D eigenvalue weighted by molar-refractivity contribution is 0.0901. The van der Waals surface area contributed by atoms with E-state index in [1.165, 1.54) is 18.4 Å². The second-order valence-corrected chi connectivity index (χ2v) is 5.82. The van der Waals surface area contributed by atoms with E-state index in [-0.39, 0.29) is 5.60 Å². The lowest BCUT2D eigenvalue weighted by Crippen LogP contribution is -2.44. The molecule has 2 unspecified atom stereocenters. The summed E-state index contributed by atoms with van der Waals surface area (Å²) in [5.74, 6) is 1.03. The van der Waals surface area contributed by atoms with E-state index < -0.39 is 0 Å². The van der Waals surface area contributed by atoms with Gasteiger partial charge in [0.2, 0.25) is 0 Å². The third-order valence-corrected chi connectivity index (χ3v) is 3.97. The van der Waals surface area contributed by atoms with Crippen LogP contribution in [-0.4, -0.2) is 11.6 Å². The van der Waals surface area contributed by atoms with E-state index in [9.17, 15) is 0 Å². The molecule has 1 aliphatic carbocycles. The molecule has 1 heterocycles. The quantitative estimate of drug-likeness (QED) is 0.801. The molecule has 0 aromatic heterocycles. The standard InChI is InChI=1S/C16H21NO/c1-16(2)15(17-12-8-4-3-5-9-12)13-10-6-7-11-14(13)18-16/h3-4,6-7,10-12,15,17H,5,8-9H2,1-2H3. The first-order valence-corrected chi connectivity index (χ1v) is 6.86. The van der Waals surface area contributed by atoms with E-state index in [0.29, 0.717) is 12.1 Å². The van der Waals surface area contributed by atoms with Crippen molar-refractivity contribution < 1.29 is 4.74 Å². The summed E-state index contributed by atoms with van der Waals surface area (Å²) in [6.45, 7) is 4.34. The van der Waals surface area contributed by atoms with Gasteiger partial charge in [-0.2, -0.15) is 0 Å². The summed E-state index contributed by atoms with van der Waals surface area (Å²) in [7, 11) is 0. The molecule has 18 heavy (non-hydrogen) atoms. The van der Waals surface area contributed by atoms with Crippen LogP contribution in [0.1, 0.15) is 44.7 Å². The summed E-state index contributed by atoms with van der Waals surface area (Å²) >= 11 is 0. The van der Waals surface area contributed by atoms with Gasteiger partial charge in [0.1, 0.15) is 11.4 Å². The Morgan fingerprint density at radius 1 is 1.22 bits per heavy atom. The zero-order valence-electron chi connectivity index (χ0n) is 11.1. The van der Waals surface area contributed by atoms with Gasteiger partial charge in [-0.3, -0.25) is 0 Å². The van der Waals surface area contributed by atoms with Gasteiger partial charge in [-0.15, -0.1) is 0 Å². The fourth-order valence-corrected chi connectivity index (χ4v) is 3.00. The van der Waals surface area contributed by atoms with Gasteiger partial charge in [0.25, 0.3) is 0 Å². The van der Waals surface area contributed by atoms with E-state index in [4.69, 9.17) is 4.74 Å². The van der Waals surface area contributed by atoms with Crippen molar-refractivity contribution in [2.75, 3.05) is 0 Å². The Balaban J connectivity index is 1.83. The highest BCUT2D eigenvalue weighted by Crippen LogP contribution is 2.43. The minimum atomic E-state index is -0.162. The largest absolute Gasteiger partial charge is 0.486 e. The predicted octanol–water partition coefficient (Wildman–Crippen LogP) is 3.60. The smallest absolute Gasteiger partial charge is 0.125 e. The molecule has 1 aromatic carbocycles. The number of nitrogens with one attached hydrogen (secondary N) is 1. The van der Waals surface area contributed by atoms with E-state index in [2.05, 4.69) is 49.5 Å². The normalized spacial score (nSPS) is 28.8. The average Bonchev–Trinajstić information content (AvgIpc) is 2.62. The van der Waals surface area contributed by atoms with Gasteiger partial charge >= 0.3 is 0 Å². The van der Waals surface area contributed by atoms with Crippen molar-refractivity contribution in [3.63, 3.8) is 0 Å². The third-order valence-electron chi connectivity index (χ3n) is 3.97. The minimum Gasteiger partial charge on any atom is -0.486 e. The number of para-hydroxylation sites is 1. The average molecular weight is 243 g/mol. The summed E-state index contributed by atoms with van der Waals surface area (Å²) in [4.78, 5) is 0. The molecule has 2 heteroatoms. The van der Waals surface area contributed by atoms with Gasteiger partial charge in [-0.1, -0.05) is 30.4 Å². The molecule has 0 fully saturated rings. The van der Waals surface area contributed by atoms with Crippen LogP contribution in [0.4, 0.5) is 0 Å². The maximum Gasteiger partial charge on any atom is 0.125 e. The van der Waals surface area contributed by atoms with Crippen molar-refractivity contribution in [3.05, 3.63) is 42.0 Å². The summed E-state index contributed by atoms with van der Waals surface area (Å²) < 4.78 is 6.07. The molecule has 1 aliphatic heterocycles. The number of hydrogen-bond donors (Lipinski definition) is 1. The Bertz CT molecular complexity index is 464. The van der Waals surface area contributed by atoms with Crippen molar-refractivity contribution in [2.45, 2.75) is 50.8 Å². The van der Waals surface area contributed by atoms with Crippen LogP contribution in [0, 0.1) is 0 Å². The summed E-state index contributed by atoms with van der Waals surface area (Å²) in [5.41, 5.74) is 1.14. The molecule has 0 saturated heterocycles. The van der Waals surface area contributed by atoms with Gasteiger partial charge in [-0.25, -0.2) is 0 Å². The highest BCUT2D eigenvalue weighted by Gasteiger charge is 2.41. The molecule has 0 bridgehead atoms. The number of hydrogen-bond acceptors (Lipinski definition) is 2. The third kappa shape index (κ3) is 2.05. The molecule has 96 valence electrons. The van der Waals surface area contributed by atoms with Crippen LogP contribution in [-0.2, 0) is 0 Å². The van der Waals surface area contributed by atoms with E-state index in [1.54, 1.807) is 0 Å². The molecule has 2 atom stereocenters. The van der Waals surface area contributed by atoms with Crippen LogP contribution in [0.3, 0.4) is 0 Å². The zero-order chi connectivity index (χ0) is 12.6. The fourth-order valence-electron chi connectivity index (χ4n) is 3.00. The van der Waals surface area contributed by atoms with Crippen molar-refractivity contribution in [1.29, 1.82) is 0 Å². The van der Waals surface area contributed by atoms with Gasteiger partial charge in [0, 0.05) is 11.6 Å². The second-order valence-electron chi connectivity index (χ2n) is 5.82. The highest BCUT2D eigenvalue weighted by molar-refractivity contribution is 5.42. The fraction of sp³-hybridized carbons (Fsp3) is 0.500. The summed E-state index contributed by atoms with van der Waals surface area (Å²) in [6, 6.07) is 9.26. The molecule has 2 aliphatic rings. The number of ether oxygens (including phenoxy) is 1. The van der Waals surface area contributed by atoms with E-state index in [1.807, 2.05) is 6.07 Å². The van der Waals surface area contributed by atoms with Crippen LogP contribution in [0.25, 0.3) is 0 Å². The van der Waals surface area contributed by atoms with Crippen LogP contribution >= 0.6 is 0 Å². The van der Waals surface area contributed by atoms with Crippen molar-refractivity contribution in [3.8, 4) is 5.75 Å². The number of fused-ring (bicyclic) bond motifs is 1. The maximum absolute atomic E-state index is 6.07. The highest BCUT2D eigenvalue weighted by atomic mass is 16.5. The van der Waals surface area contributed by atoms with Gasteiger partial charge in [0.15, 0.2) is 0 Å². The predicted molar refractivity (Wildman–Crippen MR) is 73.8 cm³/mol. The molecule has 0 amide bonds. The Labute approximate surface area is 109 Å². The molecule has 1 aromatic rings. The van der Waals surface area contributed by atoms with Crippen LogP contribution in [0.5, 0.6) is 5.75 Å². The van der Waals surface area contributed by atoms with E-state index >= 15 is 0 Å². The molecule has 0 radical (unpaired) electrons. The Hall–Kier alpha value is -1.28. The van der Waals surface area contributed by atoms with Gasteiger partial charge in [-0.05, 0) is 39.2 Å². The molecule has 2 nitrogen and oxygen atoms in total. The topological polar surface area (TPSA) is 21.3 Å². The first-order valence-electron chi connectivity index (χ1n) is 6.86. The Kier molecular flexibility index (Phi) is 2.90. The molecule has 0 saturated carbocycles. The monoisotopic (exact) mass is 243 g/mol. The van der Waals surface area contributed by atoms with Crippen LogP contribution < -0.4 is 10.1 Å². The zero-order valence-corrected chi connectivity index (χ0v) is 11.1. The second kappa shape index (κ2) is 4.43. The summed E-state index contributed by atoms with van der Waals surface area (Å²) in [6.07, 6.45) is 8.12. The molecular weight excluding hydrogens is 222 g/mol. The number of benzene rings is 1.